The van der Waals surface area contributed by atoms with Crippen molar-refractivity contribution in [3.05, 3.63) is 54.7 Å². The Morgan fingerprint density at radius 1 is 1.32 bits per heavy atom. The van der Waals surface area contributed by atoms with E-state index in [0.717, 1.165) is 31.2 Å². The van der Waals surface area contributed by atoms with Gasteiger partial charge in [-0.15, -0.1) is 11.3 Å². The van der Waals surface area contributed by atoms with Crippen molar-refractivity contribution in [2.75, 3.05) is 5.32 Å². The maximum absolute atomic E-state index is 12.4. The van der Waals surface area contributed by atoms with Crippen LogP contribution in [-0.4, -0.2) is 10.8 Å². The average molecular weight is 337 g/mol. The topological polar surface area (TPSA) is 72.2 Å². The van der Waals surface area contributed by atoms with E-state index in [1.165, 1.54) is 17.0 Å². The number of nitrogens with zero attached hydrogens (tertiary/aromatic N) is 1. The maximum atomic E-state index is 12.4. The van der Waals surface area contributed by atoms with Gasteiger partial charge in [0.05, 0.1) is 10.5 Å². The summed E-state index contributed by atoms with van der Waals surface area (Å²) in [5.74, 6) is -0.226. The number of amides is 1. The zero-order chi connectivity index (χ0) is 15.7. The fourth-order valence-electron chi connectivity index (χ4n) is 2.61. The number of rotatable bonds is 3. The molecule has 1 aromatic carbocycles. The first-order valence-corrected chi connectivity index (χ1v) is 8.16. The van der Waals surface area contributed by atoms with Crippen LogP contribution in [-0.2, 0) is 12.8 Å². The van der Waals surface area contributed by atoms with Crippen LogP contribution < -0.4 is 5.32 Å². The molecule has 0 aliphatic heterocycles. The predicted octanol–water partition coefficient (Wildman–Crippen LogP) is 4.44. The molecule has 5 nitrogen and oxygen atoms in total. The summed E-state index contributed by atoms with van der Waals surface area (Å²) in [6.45, 7) is 0. The van der Waals surface area contributed by atoms with E-state index >= 15 is 0 Å². The van der Waals surface area contributed by atoms with E-state index in [4.69, 9.17) is 11.6 Å². The number of hydrogen-bond acceptors (Lipinski definition) is 4. The third kappa shape index (κ3) is 2.84. The molecule has 0 fully saturated rings. The molecule has 2 aromatic rings. The first-order chi connectivity index (χ1) is 10.6. The molecule has 0 spiro atoms. The minimum atomic E-state index is -0.565. The van der Waals surface area contributed by atoms with Crippen LogP contribution in [0.3, 0.4) is 0 Å². The fraction of sp³-hybridized carbons (Fsp3) is 0.267. The molecule has 114 valence electrons. The summed E-state index contributed by atoms with van der Waals surface area (Å²) in [7, 11) is 0. The second-order valence-corrected chi connectivity index (χ2v) is 6.51. The zero-order valence-electron chi connectivity index (χ0n) is 11.6. The van der Waals surface area contributed by atoms with Crippen LogP contribution in [0.5, 0.6) is 0 Å². The van der Waals surface area contributed by atoms with Gasteiger partial charge in [0.25, 0.3) is 11.6 Å². The summed E-state index contributed by atoms with van der Waals surface area (Å²) in [6.07, 6.45) is 4.20. The van der Waals surface area contributed by atoms with Crippen molar-refractivity contribution in [3.63, 3.8) is 0 Å². The van der Waals surface area contributed by atoms with Crippen LogP contribution in [0.4, 0.5) is 11.4 Å². The Balaban J connectivity index is 1.84. The predicted molar refractivity (Wildman–Crippen MR) is 87.0 cm³/mol. The highest BCUT2D eigenvalue weighted by molar-refractivity contribution is 7.10. The Kier molecular flexibility index (Phi) is 4.13. The van der Waals surface area contributed by atoms with E-state index in [1.807, 2.05) is 5.38 Å². The smallest absolute Gasteiger partial charge is 0.289 e. The molecule has 1 amide bonds. The van der Waals surface area contributed by atoms with Crippen molar-refractivity contribution in [2.24, 2.45) is 0 Å². The minimum Gasteiger partial charge on any atom is -0.322 e. The van der Waals surface area contributed by atoms with Gasteiger partial charge in [-0.3, -0.25) is 14.9 Å². The van der Waals surface area contributed by atoms with Crippen LogP contribution >= 0.6 is 22.9 Å². The molecule has 0 radical (unpaired) electrons. The molecule has 7 heteroatoms. The highest BCUT2D eigenvalue weighted by Crippen LogP contribution is 2.31. The molecule has 0 saturated heterocycles. The van der Waals surface area contributed by atoms with Gasteiger partial charge in [-0.25, -0.2) is 0 Å². The second-order valence-electron chi connectivity index (χ2n) is 5.14. The number of aryl methyl sites for hydroxylation is 1. The summed E-state index contributed by atoms with van der Waals surface area (Å²) >= 11 is 7.38. The SMILES string of the molecule is O=C(Nc1ccc(Cl)c([N+](=O)[O-])c1)c1csc2c1CCCC2. The standard InChI is InChI=1S/C15H13ClN2O3S/c16-12-6-5-9(7-13(12)18(20)21)17-15(19)11-8-22-14-4-2-1-3-10(11)14/h5-8H,1-4H2,(H,17,19). The number of hydrogen-bond donors (Lipinski definition) is 1. The number of carbonyl (C=O) groups is 1. The van der Waals surface area contributed by atoms with Crippen molar-refractivity contribution in [1.82, 2.24) is 0 Å². The molecule has 0 atom stereocenters. The third-order valence-corrected chi connectivity index (χ3v) is 5.11. The van der Waals surface area contributed by atoms with Gasteiger partial charge in [0.15, 0.2) is 0 Å². The van der Waals surface area contributed by atoms with Crippen molar-refractivity contribution in [2.45, 2.75) is 25.7 Å². The number of anilines is 1. The average Bonchev–Trinajstić information content (AvgIpc) is 2.93. The minimum absolute atomic E-state index is 0.0518. The van der Waals surface area contributed by atoms with Crippen LogP contribution in [0.15, 0.2) is 23.6 Å². The monoisotopic (exact) mass is 336 g/mol. The van der Waals surface area contributed by atoms with Crippen LogP contribution in [0.1, 0.15) is 33.6 Å². The van der Waals surface area contributed by atoms with Crippen LogP contribution in [0, 0.1) is 10.1 Å². The van der Waals surface area contributed by atoms with E-state index in [9.17, 15) is 14.9 Å². The van der Waals surface area contributed by atoms with Crippen molar-refractivity contribution in [1.29, 1.82) is 0 Å². The highest BCUT2D eigenvalue weighted by Gasteiger charge is 2.21. The first-order valence-electron chi connectivity index (χ1n) is 6.91. The van der Waals surface area contributed by atoms with E-state index in [1.54, 1.807) is 17.4 Å². The summed E-state index contributed by atoms with van der Waals surface area (Å²) in [4.78, 5) is 24.0. The molecule has 1 aliphatic rings. The van der Waals surface area contributed by atoms with Crippen molar-refractivity contribution < 1.29 is 9.72 Å². The van der Waals surface area contributed by atoms with Gasteiger partial charge >= 0.3 is 0 Å². The fourth-order valence-corrected chi connectivity index (χ4v) is 3.93. The lowest BCUT2D eigenvalue weighted by Gasteiger charge is -2.12. The lowest BCUT2D eigenvalue weighted by Crippen LogP contribution is -2.14. The molecule has 1 aromatic heterocycles. The number of nitro benzene ring substituents is 1. The summed E-state index contributed by atoms with van der Waals surface area (Å²) in [6, 6.07) is 4.25. The highest BCUT2D eigenvalue weighted by atomic mass is 35.5. The molecule has 3 rings (SSSR count). The van der Waals surface area contributed by atoms with Crippen LogP contribution in [0.25, 0.3) is 0 Å². The number of benzene rings is 1. The normalized spacial score (nSPS) is 13.5. The lowest BCUT2D eigenvalue weighted by molar-refractivity contribution is -0.384. The lowest BCUT2D eigenvalue weighted by atomic mass is 9.95. The van der Waals surface area contributed by atoms with Gasteiger partial charge in [-0.1, -0.05) is 11.6 Å². The Bertz CT molecular complexity index is 757. The molecule has 0 saturated carbocycles. The molecule has 22 heavy (non-hydrogen) atoms. The van der Waals surface area contributed by atoms with Crippen LogP contribution in [0.2, 0.25) is 5.02 Å². The zero-order valence-corrected chi connectivity index (χ0v) is 13.2. The van der Waals surface area contributed by atoms with Gasteiger partial charge in [-0.05, 0) is 43.4 Å². The number of nitrogens with one attached hydrogen (secondary N) is 1. The maximum Gasteiger partial charge on any atom is 0.289 e. The Morgan fingerprint density at radius 3 is 2.86 bits per heavy atom. The first kappa shape index (κ1) is 15.0. The van der Waals surface area contributed by atoms with Crippen molar-refractivity contribution in [3.8, 4) is 0 Å². The second kappa shape index (κ2) is 6.06. The Hall–Kier alpha value is -1.92. The number of halogens is 1. The molecule has 1 aliphatic carbocycles. The quantitative estimate of drug-likeness (QED) is 0.665. The van der Waals surface area contributed by atoms with E-state index in [0.29, 0.717) is 11.3 Å². The molecular formula is C15H13ClN2O3S. The molecule has 1 heterocycles. The molecule has 0 unspecified atom stereocenters. The number of nitro groups is 1. The van der Waals surface area contributed by atoms with E-state index < -0.39 is 4.92 Å². The molecule has 0 bridgehead atoms. The molecule has 1 N–H and O–H groups in total. The van der Waals surface area contributed by atoms with E-state index in [2.05, 4.69) is 5.32 Å². The number of carbonyl (C=O) groups excluding carboxylic acids is 1. The largest absolute Gasteiger partial charge is 0.322 e. The van der Waals surface area contributed by atoms with Crippen molar-refractivity contribution >= 4 is 40.2 Å². The summed E-state index contributed by atoms with van der Waals surface area (Å²) in [5, 5.41) is 15.5. The third-order valence-electron chi connectivity index (χ3n) is 3.71. The van der Waals surface area contributed by atoms with Gasteiger partial charge < -0.3 is 5.32 Å². The Morgan fingerprint density at radius 2 is 2.09 bits per heavy atom. The number of thiophene rings is 1. The summed E-state index contributed by atoms with van der Waals surface area (Å²) in [5.41, 5.74) is 1.96. The van der Waals surface area contributed by atoms with Gasteiger partial charge in [0.2, 0.25) is 0 Å². The van der Waals surface area contributed by atoms with Gasteiger partial charge in [0.1, 0.15) is 5.02 Å². The summed E-state index contributed by atoms with van der Waals surface area (Å²) < 4.78 is 0. The van der Waals surface area contributed by atoms with Gasteiger partial charge in [-0.2, -0.15) is 0 Å². The van der Waals surface area contributed by atoms with Gasteiger partial charge in [0, 0.05) is 22.0 Å². The molecular weight excluding hydrogens is 324 g/mol. The Labute approximate surface area is 136 Å². The van der Waals surface area contributed by atoms with E-state index in [-0.39, 0.29) is 16.6 Å². The number of fused-ring (bicyclic) bond motifs is 1.